The first-order valence-corrected chi connectivity index (χ1v) is 10.7. The van der Waals surface area contributed by atoms with Crippen LogP contribution in [-0.2, 0) is 0 Å². The van der Waals surface area contributed by atoms with E-state index in [-0.39, 0.29) is 11.7 Å². The second kappa shape index (κ2) is 7.79. The zero-order valence-electron chi connectivity index (χ0n) is 17.2. The molecule has 0 fully saturated rings. The van der Waals surface area contributed by atoms with Gasteiger partial charge in [0.2, 0.25) is 5.95 Å². The average Bonchev–Trinajstić information content (AvgIpc) is 3.34. The monoisotopic (exact) mass is 460 g/mol. The van der Waals surface area contributed by atoms with Gasteiger partial charge in [-0.15, -0.1) is 0 Å². The van der Waals surface area contributed by atoms with Crippen molar-refractivity contribution in [3.8, 4) is 17.2 Å². The number of halogens is 1. The number of fused-ring (bicyclic) bond motifs is 4. The van der Waals surface area contributed by atoms with Crippen molar-refractivity contribution < 1.29 is 9.47 Å². The predicted molar refractivity (Wildman–Crippen MR) is 125 cm³/mol. The van der Waals surface area contributed by atoms with Crippen LogP contribution >= 0.6 is 11.6 Å². The summed E-state index contributed by atoms with van der Waals surface area (Å²) in [7, 11) is 0. The van der Waals surface area contributed by atoms with Gasteiger partial charge < -0.3 is 14.8 Å². The van der Waals surface area contributed by atoms with E-state index in [0.717, 1.165) is 5.75 Å². The Balaban J connectivity index is 1.37. The van der Waals surface area contributed by atoms with Crippen LogP contribution in [0.25, 0.3) is 27.6 Å². The van der Waals surface area contributed by atoms with E-state index in [2.05, 4.69) is 25.5 Å². The minimum Gasteiger partial charge on any atom is -0.486 e. The number of benzene rings is 2. The van der Waals surface area contributed by atoms with Crippen LogP contribution in [0, 0.1) is 0 Å². The molecule has 4 heterocycles. The maximum absolute atomic E-state index is 13.3. The summed E-state index contributed by atoms with van der Waals surface area (Å²) in [6, 6.07) is 14.5. The Morgan fingerprint density at radius 1 is 1.09 bits per heavy atom. The standard InChI is InChI=1S/C23H17ClN6O3/c24-13-5-7-14(8-6-13)30-21-16(20-17(22(30)31)11-27-29-20)10-26-23(28-21)25-9-15-12-32-18-3-1-2-4-19(18)33-15/h1-8,10-11,15H,9,12H2,(H,27,29)(H,25,26,28)/t15-/m0/s1. The summed E-state index contributed by atoms with van der Waals surface area (Å²) in [5.74, 6) is 1.80. The molecule has 2 aromatic carbocycles. The molecule has 0 spiro atoms. The Hall–Kier alpha value is -4.11. The van der Waals surface area contributed by atoms with Crippen molar-refractivity contribution in [3.05, 3.63) is 76.3 Å². The van der Waals surface area contributed by atoms with E-state index in [9.17, 15) is 4.79 Å². The average molecular weight is 461 g/mol. The number of ether oxygens (including phenoxy) is 2. The number of rotatable bonds is 4. The highest BCUT2D eigenvalue weighted by Crippen LogP contribution is 2.31. The molecule has 5 aromatic rings. The van der Waals surface area contributed by atoms with Gasteiger partial charge in [-0.25, -0.2) is 4.98 Å². The van der Waals surface area contributed by atoms with Crippen LogP contribution in [0.5, 0.6) is 11.5 Å². The van der Waals surface area contributed by atoms with Crippen LogP contribution in [0.3, 0.4) is 0 Å². The van der Waals surface area contributed by atoms with E-state index in [1.807, 2.05) is 24.3 Å². The maximum atomic E-state index is 13.3. The lowest BCUT2D eigenvalue weighted by molar-refractivity contribution is 0.0996. The third kappa shape index (κ3) is 3.42. The number of hydrogen-bond acceptors (Lipinski definition) is 7. The number of anilines is 1. The van der Waals surface area contributed by atoms with Gasteiger partial charge in [-0.3, -0.25) is 14.5 Å². The molecule has 0 saturated carbocycles. The van der Waals surface area contributed by atoms with E-state index in [1.165, 1.54) is 10.8 Å². The zero-order valence-corrected chi connectivity index (χ0v) is 17.9. The van der Waals surface area contributed by atoms with E-state index in [4.69, 9.17) is 21.1 Å². The third-order valence-electron chi connectivity index (χ3n) is 5.46. The number of nitrogens with zero attached hydrogens (tertiary/aromatic N) is 4. The molecular formula is C23H17ClN6O3. The maximum Gasteiger partial charge on any atom is 0.267 e. The molecule has 10 heteroatoms. The number of nitrogens with one attached hydrogen (secondary N) is 2. The molecule has 33 heavy (non-hydrogen) atoms. The number of para-hydroxylation sites is 2. The molecule has 6 rings (SSSR count). The second-order valence-electron chi connectivity index (χ2n) is 7.59. The van der Waals surface area contributed by atoms with Gasteiger partial charge >= 0.3 is 0 Å². The number of pyridine rings is 1. The van der Waals surface area contributed by atoms with E-state index >= 15 is 0 Å². The summed E-state index contributed by atoms with van der Waals surface area (Å²) in [5, 5.41) is 11.8. The van der Waals surface area contributed by atoms with Crippen LogP contribution in [0.4, 0.5) is 5.95 Å². The molecule has 1 aliphatic rings. The Bertz CT molecular complexity index is 1550. The highest BCUT2D eigenvalue weighted by Gasteiger charge is 2.21. The van der Waals surface area contributed by atoms with Gasteiger partial charge in [-0.05, 0) is 36.4 Å². The molecular weight excluding hydrogens is 444 g/mol. The molecule has 9 nitrogen and oxygen atoms in total. The fourth-order valence-electron chi connectivity index (χ4n) is 3.87. The first-order valence-electron chi connectivity index (χ1n) is 10.3. The predicted octanol–water partition coefficient (Wildman–Crippen LogP) is 3.56. The van der Waals surface area contributed by atoms with Crippen LogP contribution in [0.2, 0.25) is 5.02 Å². The summed E-state index contributed by atoms with van der Waals surface area (Å²) in [6.45, 7) is 0.833. The van der Waals surface area contributed by atoms with Crippen molar-refractivity contribution in [2.24, 2.45) is 0 Å². The van der Waals surface area contributed by atoms with Crippen molar-refractivity contribution in [2.75, 3.05) is 18.5 Å². The van der Waals surface area contributed by atoms with E-state index in [0.29, 0.717) is 57.5 Å². The largest absolute Gasteiger partial charge is 0.486 e. The molecule has 0 bridgehead atoms. The summed E-state index contributed by atoms with van der Waals surface area (Å²) < 4.78 is 13.3. The highest BCUT2D eigenvalue weighted by molar-refractivity contribution is 6.30. The first kappa shape index (κ1) is 19.6. The lowest BCUT2D eigenvalue weighted by Crippen LogP contribution is -2.35. The van der Waals surface area contributed by atoms with Gasteiger partial charge in [0.1, 0.15) is 12.7 Å². The molecule has 0 unspecified atom stereocenters. The van der Waals surface area contributed by atoms with Crippen LogP contribution in [0.15, 0.2) is 65.7 Å². The lowest BCUT2D eigenvalue weighted by Gasteiger charge is -2.26. The van der Waals surface area contributed by atoms with E-state index in [1.54, 1.807) is 30.5 Å². The minimum atomic E-state index is -0.237. The minimum absolute atomic E-state index is 0.215. The Morgan fingerprint density at radius 3 is 2.76 bits per heavy atom. The second-order valence-corrected chi connectivity index (χ2v) is 8.02. The lowest BCUT2D eigenvalue weighted by atomic mass is 10.2. The van der Waals surface area contributed by atoms with Crippen molar-refractivity contribution in [3.63, 3.8) is 0 Å². The molecule has 3 aromatic heterocycles. The molecule has 164 valence electrons. The molecule has 2 N–H and O–H groups in total. The SMILES string of the molecule is O=c1c2cn[nH]c2c2cnc(NC[C@H]3COc4ccccc4O3)nc2n1-c1ccc(Cl)cc1. The fraction of sp³-hybridized carbons (Fsp3) is 0.130. The van der Waals surface area contributed by atoms with Crippen LogP contribution in [0.1, 0.15) is 0 Å². The first-order chi connectivity index (χ1) is 16.2. The number of hydrogen-bond donors (Lipinski definition) is 2. The normalized spacial score (nSPS) is 15.1. The topological polar surface area (TPSA) is 107 Å². The fourth-order valence-corrected chi connectivity index (χ4v) is 4.00. The number of aromatic nitrogens is 5. The van der Waals surface area contributed by atoms with Crippen molar-refractivity contribution in [1.82, 2.24) is 24.7 Å². The summed E-state index contributed by atoms with van der Waals surface area (Å²) in [6.07, 6.45) is 2.96. The highest BCUT2D eigenvalue weighted by atomic mass is 35.5. The quantitative estimate of drug-likeness (QED) is 0.422. The Morgan fingerprint density at radius 2 is 1.91 bits per heavy atom. The molecule has 0 amide bonds. The van der Waals surface area contributed by atoms with Crippen LogP contribution in [-0.4, -0.2) is 44.0 Å². The summed E-state index contributed by atoms with van der Waals surface area (Å²) >= 11 is 6.05. The van der Waals surface area contributed by atoms with Gasteiger partial charge in [-0.1, -0.05) is 23.7 Å². The molecule has 1 aliphatic heterocycles. The molecule has 0 radical (unpaired) electrons. The summed E-state index contributed by atoms with van der Waals surface area (Å²) in [5.41, 5.74) is 1.44. The summed E-state index contributed by atoms with van der Waals surface area (Å²) in [4.78, 5) is 22.4. The smallest absolute Gasteiger partial charge is 0.267 e. The van der Waals surface area contributed by atoms with Gasteiger partial charge in [0.15, 0.2) is 17.1 Å². The van der Waals surface area contributed by atoms with Crippen molar-refractivity contribution >= 4 is 39.5 Å². The van der Waals surface area contributed by atoms with Gasteiger partial charge in [-0.2, -0.15) is 10.1 Å². The van der Waals surface area contributed by atoms with Crippen molar-refractivity contribution in [2.45, 2.75) is 6.10 Å². The number of aromatic amines is 1. The Kier molecular flexibility index (Phi) is 4.62. The molecule has 0 aliphatic carbocycles. The van der Waals surface area contributed by atoms with Gasteiger partial charge in [0.05, 0.1) is 34.7 Å². The molecule has 1 atom stereocenters. The number of H-pyrrole nitrogens is 1. The third-order valence-corrected chi connectivity index (χ3v) is 5.71. The van der Waals surface area contributed by atoms with Gasteiger partial charge in [0.25, 0.3) is 5.56 Å². The Labute approximate surface area is 192 Å². The van der Waals surface area contributed by atoms with E-state index < -0.39 is 0 Å². The zero-order chi connectivity index (χ0) is 22.4. The van der Waals surface area contributed by atoms with Crippen LogP contribution < -0.4 is 20.3 Å². The van der Waals surface area contributed by atoms with Gasteiger partial charge in [0, 0.05) is 11.2 Å². The van der Waals surface area contributed by atoms with Crippen molar-refractivity contribution in [1.29, 1.82) is 0 Å². The molecule has 0 saturated heterocycles.